The highest BCUT2D eigenvalue weighted by atomic mass is 16.1. The van der Waals surface area contributed by atoms with Gasteiger partial charge in [-0.1, -0.05) is 0 Å². The van der Waals surface area contributed by atoms with Gasteiger partial charge in [0.25, 0.3) is 5.56 Å². The van der Waals surface area contributed by atoms with Gasteiger partial charge >= 0.3 is 0 Å². The zero-order chi connectivity index (χ0) is 16.5. The van der Waals surface area contributed by atoms with Gasteiger partial charge in [0.1, 0.15) is 5.82 Å². The number of H-pyrrole nitrogens is 1. The van der Waals surface area contributed by atoms with Crippen molar-refractivity contribution in [3.63, 3.8) is 0 Å². The number of aromatic nitrogens is 4. The molecule has 0 saturated heterocycles. The van der Waals surface area contributed by atoms with Crippen molar-refractivity contribution >= 4 is 0 Å². The molecule has 3 aromatic rings. The molecule has 0 aliphatic carbocycles. The molecule has 0 spiro atoms. The van der Waals surface area contributed by atoms with Crippen LogP contribution in [0, 0.1) is 6.92 Å². The van der Waals surface area contributed by atoms with Gasteiger partial charge in [0.15, 0.2) is 0 Å². The van der Waals surface area contributed by atoms with Crippen LogP contribution in [-0.2, 0) is 19.5 Å². The normalized spacial score (nSPS) is 14.5. The average Bonchev–Trinajstić information content (AvgIpc) is 3.03. The van der Waals surface area contributed by atoms with Gasteiger partial charge in [0, 0.05) is 43.3 Å². The summed E-state index contributed by atoms with van der Waals surface area (Å²) in [5, 5.41) is 0. The van der Waals surface area contributed by atoms with Crippen LogP contribution < -0.4 is 5.56 Å². The lowest BCUT2D eigenvalue weighted by molar-refractivity contribution is 0.236. The van der Waals surface area contributed by atoms with Crippen LogP contribution in [0.25, 0.3) is 5.69 Å². The third-order valence-electron chi connectivity index (χ3n) is 4.41. The van der Waals surface area contributed by atoms with E-state index in [1.165, 1.54) is 5.69 Å². The molecule has 1 N–H and O–H groups in total. The van der Waals surface area contributed by atoms with E-state index in [0.717, 1.165) is 36.5 Å². The molecule has 6 nitrogen and oxygen atoms in total. The standard InChI is InChI=1S/C18H19N5O/c1-13-20-17-12-22(9-6-16(17)18(24)21-13)11-15-5-3-8-23(15)14-4-2-7-19-10-14/h2-5,7-8,10H,6,9,11-12H2,1H3,(H,20,21,24). The Morgan fingerprint density at radius 1 is 1.29 bits per heavy atom. The second kappa shape index (κ2) is 6.05. The first-order valence-electron chi connectivity index (χ1n) is 8.08. The monoisotopic (exact) mass is 321 g/mol. The molecular formula is C18H19N5O. The van der Waals surface area contributed by atoms with E-state index in [0.29, 0.717) is 12.4 Å². The Bertz CT molecular complexity index is 913. The van der Waals surface area contributed by atoms with Gasteiger partial charge in [-0.2, -0.15) is 0 Å². The molecule has 1 aliphatic heterocycles. The van der Waals surface area contributed by atoms with Crippen molar-refractivity contribution in [3.05, 3.63) is 76.0 Å². The summed E-state index contributed by atoms with van der Waals surface area (Å²) in [6.07, 6.45) is 6.43. The minimum atomic E-state index is 0.0101. The number of nitrogens with one attached hydrogen (secondary N) is 1. The summed E-state index contributed by atoms with van der Waals surface area (Å²) in [5.74, 6) is 0.680. The molecule has 0 atom stereocenters. The lowest BCUT2D eigenvalue weighted by atomic mass is 10.1. The minimum absolute atomic E-state index is 0.0101. The van der Waals surface area contributed by atoms with Crippen LogP contribution in [0.15, 0.2) is 47.7 Å². The van der Waals surface area contributed by atoms with E-state index >= 15 is 0 Å². The second-order valence-electron chi connectivity index (χ2n) is 6.12. The fourth-order valence-corrected chi connectivity index (χ4v) is 3.28. The lowest BCUT2D eigenvalue weighted by Crippen LogP contribution is -2.35. The summed E-state index contributed by atoms with van der Waals surface area (Å²) in [4.78, 5) is 25.9. The second-order valence-corrected chi connectivity index (χ2v) is 6.12. The summed E-state index contributed by atoms with van der Waals surface area (Å²) in [6, 6.07) is 8.16. The van der Waals surface area contributed by atoms with Gasteiger partial charge in [-0.15, -0.1) is 0 Å². The van der Waals surface area contributed by atoms with Gasteiger partial charge in [-0.3, -0.25) is 14.7 Å². The van der Waals surface area contributed by atoms with E-state index in [1.54, 1.807) is 6.20 Å². The summed E-state index contributed by atoms with van der Waals surface area (Å²) in [7, 11) is 0. The Hall–Kier alpha value is -2.73. The Morgan fingerprint density at radius 3 is 3.04 bits per heavy atom. The summed E-state index contributed by atoms with van der Waals surface area (Å²) in [6.45, 7) is 4.21. The van der Waals surface area contributed by atoms with E-state index in [2.05, 4.69) is 36.7 Å². The number of nitrogens with zero attached hydrogens (tertiary/aromatic N) is 4. The number of aromatic amines is 1. The zero-order valence-electron chi connectivity index (χ0n) is 13.6. The Morgan fingerprint density at radius 2 is 2.21 bits per heavy atom. The van der Waals surface area contributed by atoms with Crippen LogP contribution in [-0.4, -0.2) is 31.0 Å². The third-order valence-corrected chi connectivity index (χ3v) is 4.41. The van der Waals surface area contributed by atoms with Gasteiger partial charge in [-0.25, -0.2) is 4.98 Å². The number of fused-ring (bicyclic) bond motifs is 1. The zero-order valence-corrected chi connectivity index (χ0v) is 13.6. The van der Waals surface area contributed by atoms with Crippen molar-refractivity contribution in [2.75, 3.05) is 6.54 Å². The molecular weight excluding hydrogens is 302 g/mol. The van der Waals surface area contributed by atoms with E-state index in [-0.39, 0.29) is 5.56 Å². The third kappa shape index (κ3) is 2.76. The summed E-state index contributed by atoms with van der Waals surface area (Å²) in [5.41, 5.74) is 4.01. The van der Waals surface area contributed by atoms with E-state index in [4.69, 9.17) is 0 Å². The smallest absolute Gasteiger partial charge is 0.254 e. The summed E-state index contributed by atoms with van der Waals surface area (Å²) < 4.78 is 2.15. The largest absolute Gasteiger partial charge is 0.318 e. The van der Waals surface area contributed by atoms with Crippen LogP contribution in [0.2, 0.25) is 0 Å². The molecule has 3 aromatic heterocycles. The fourth-order valence-electron chi connectivity index (χ4n) is 3.28. The van der Waals surface area contributed by atoms with Crippen LogP contribution in [0.5, 0.6) is 0 Å². The van der Waals surface area contributed by atoms with Crippen LogP contribution >= 0.6 is 0 Å². The lowest BCUT2D eigenvalue weighted by Gasteiger charge is -2.28. The molecule has 4 rings (SSSR count). The van der Waals surface area contributed by atoms with Gasteiger partial charge in [0.2, 0.25) is 0 Å². The van der Waals surface area contributed by atoms with Crippen LogP contribution in [0.1, 0.15) is 22.8 Å². The average molecular weight is 321 g/mol. The SMILES string of the molecule is Cc1nc2c(c(=O)[nH]1)CCN(Cc1cccn1-c1cccnc1)C2. The molecule has 4 heterocycles. The highest BCUT2D eigenvalue weighted by Gasteiger charge is 2.21. The van der Waals surface area contributed by atoms with Crippen molar-refractivity contribution in [3.8, 4) is 5.69 Å². The topological polar surface area (TPSA) is 66.8 Å². The Balaban J connectivity index is 1.58. The first-order chi connectivity index (χ1) is 11.7. The fraction of sp³-hybridized carbons (Fsp3) is 0.278. The van der Waals surface area contributed by atoms with Gasteiger partial charge in [0.05, 0.1) is 17.6 Å². The number of pyridine rings is 1. The van der Waals surface area contributed by atoms with Crippen molar-refractivity contribution in [2.24, 2.45) is 0 Å². The predicted molar refractivity (Wildman–Crippen MR) is 91.0 cm³/mol. The molecule has 1 aliphatic rings. The quantitative estimate of drug-likeness (QED) is 0.799. The number of hydrogen-bond acceptors (Lipinski definition) is 4. The predicted octanol–water partition coefficient (Wildman–Crippen LogP) is 1.82. The number of rotatable bonds is 3. The first-order valence-corrected chi connectivity index (χ1v) is 8.08. The molecule has 0 radical (unpaired) electrons. The Kier molecular flexibility index (Phi) is 3.74. The minimum Gasteiger partial charge on any atom is -0.318 e. The van der Waals surface area contributed by atoms with Crippen LogP contribution in [0.4, 0.5) is 0 Å². The van der Waals surface area contributed by atoms with Crippen LogP contribution in [0.3, 0.4) is 0 Å². The summed E-state index contributed by atoms with van der Waals surface area (Å²) >= 11 is 0. The van der Waals surface area contributed by atoms with Crippen molar-refractivity contribution < 1.29 is 0 Å². The van der Waals surface area contributed by atoms with Gasteiger partial charge in [-0.05, 0) is 37.6 Å². The van der Waals surface area contributed by atoms with E-state index < -0.39 is 0 Å². The number of hydrogen-bond donors (Lipinski definition) is 1. The highest BCUT2D eigenvalue weighted by Crippen LogP contribution is 2.18. The molecule has 0 saturated carbocycles. The maximum Gasteiger partial charge on any atom is 0.254 e. The van der Waals surface area contributed by atoms with E-state index in [1.807, 2.05) is 31.3 Å². The molecule has 0 bridgehead atoms. The molecule has 0 amide bonds. The Labute approximate surface area is 139 Å². The van der Waals surface area contributed by atoms with E-state index in [9.17, 15) is 4.79 Å². The first kappa shape index (κ1) is 14.8. The maximum atomic E-state index is 12.0. The number of aryl methyl sites for hydroxylation is 1. The molecule has 0 aromatic carbocycles. The highest BCUT2D eigenvalue weighted by molar-refractivity contribution is 5.32. The molecule has 122 valence electrons. The van der Waals surface area contributed by atoms with Crippen molar-refractivity contribution in [1.29, 1.82) is 0 Å². The van der Waals surface area contributed by atoms with Crippen molar-refractivity contribution in [1.82, 2.24) is 24.4 Å². The van der Waals surface area contributed by atoms with Crippen molar-refractivity contribution in [2.45, 2.75) is 26.4 Å². The molecule has 0 fully saturated rings. The molecule has 0 unspecified atom stereocenters. The molecule has 24 heavy (non-hydrogen) atoms. The molecule has 6 heteroatoms. The maximum absolute atomic E-state index is 12.0. The van der Waals surface area contributed by atoms with Gasteiger partial charge < -0.3 is 9.55 Å².